The number of nitrogens with zero attached hydrogens (tertiary/aromatic N) is 1. The summed E-state index contributed by atoms with van der Waals surface area (Å²) < 4.78 is 48.6. The van der Waals surface area contributed by atoms with Gasteiger partial charge in [-0.1, -0.05) is 11.6 Å². The number of amides is 1. The number of aromatic nitrogens is 1. The van der Waals surface area contributed by atoms with Crippen molar-refractivity contribution in [1.82, 2.24) is 10.3 Å². The van der Waals surface area contributed by atoms with Crippen LogP contribution in [0.15, 0.2) is 18.3 Å². The van der Waals surface area contributed by atoms with Gasteiger partial charge in [0.1, 0.15) is 5.15 Å². The summed E-state index contributed by atoms with van der Waals surface area (Å²) in [6.07, 6.45) is -2.54. The molecule has 1 rings (SSSR count). The monoisotopic (exact) mass is 270 g/mol. The van der Waals surface area contributed by atoms with E-state index in [1.807, 2.05) is 0 Å². The third kappa shape index (κ3) is 3.55. The number of nitrogens with one attached hydrogen (secondary N) is 1. The van der Waals surface area contributed by atoms with Crippen molar-refractivity contribution >= 4 is 17.5 Å². The summed E-state index contributed by atoms with van der Waals surface area (Å²) >= 11 is 5.52. The average molecular weight is 271 g/mol. The Kier molecular flexibility index (Phi) is 4.28. The van der Waals surface area contributed by atoms with E-state index in [4.69, 9.17) is 11.6 Å². The Morgan fingerprint density at radius 2 is 2.18 bits per heavy atom. The van der Waals surface area contributed by atoms with Gasteiger partial charge in [0.15, 0.2) is 0 Å². The van der Waals surface area contributed by atoms with Gasteiger partial charge in [0.25, 0.3) is 5.91 Å². The summed E-state index contributed by atoms with van der Waals surface area (Å²) in [6, 6.07) is 2.61. The molecule has 1 aromatic heterocycles. The van der Waals surface area contributed by atoms with Crippen molar-refractivity contribution in [3.8, 4) is 0 Å². The number of rotatable bonds is 4. The highest BCUT2D eigenvalue weighted by Gasteiger charge is 2.40. The van der Waals surface area contributed by atoms with Crippen LogP contribution in [0.25, 0.3) is 0 Å². The summed E-state index contributed by atoms with van der Waals surface area (Å²) in [5.74, 6) is -5.26. The molecule has 0 aliphatic rings. The third-order valence-corrected chi connectivity index (χ3v) is 2.11. The van der Waals surface area contributed by atoms with Gasteiger partial charge in [0.2, 0.25) is 0 Å². The molecule has 0 unspecified atom stereocenters. The second kappa shape index (κ2) is 5.31. The maximum atomic E-state index is 12.5. The van der Waals surface area contributed by atoms with Gasteiger partial charge in [0.05, 0.1) is 12.1 Å². The van der Waals surface area contributed by atoms with Gasteiger partial charge in [0, 0.05) is 6.20 Å². The molecule has 0 aliphatic carbocycles. The smallest absolute Gasteiger partial charge is 0.324 e. The fourth-order valence-electron chi connectivity index (χ4n) is 0.926. The van der Waals surface area contributed by atoms with E-state index in [0.717, 1.165) is 0 Å². The van der Waals surface area contributed by atoms with Crippen LogP contribution in [0.2, 0.25) is 5.15 Å². The van der Waals surface area contributed by atoms with Crippen molar-refractivity contribution in [2.75, 3.05) is 6.54 Å². The van der Waals surface area contributed by atoms with Gasteiger partial charge in [-0.05, 0) is 12.1 Å². The fourth-order valence-corrected chi connectivity index (χ4v) is 1.13. The van der Waals surface area contributed by atoms with E-state index >= 15 is 0 Å². The lowest BCUT2D eigenvalue weighted by Crippen LogP contribution is -2.41. The van der Waals surface area contributed by atoms with Crippen molar-refractivity contribution in [2.45, 2.75) is 12.3 Å². The Hall–Kier alpha value is -1.37. The largest absolute Gasteiger partial charge is 0.346 e. The number of hydrogen-bond acceptors (Lipinski definition) is 2. The number of alkyl halides is 4. The molecule has 0 atom stereocenters. The van der Waals surface area contributed by atoms with Gasteiger partial charge in [-0.3, -0.25) is 4.79 Å². The number of pyridine rings is 1. The Labute approximate surface area is 98.8 Å². The molecule has 1 amide bonds. The fraction of sp³-hybridized carbons (Fsp3) is 0.333. The molecule has 0 fully saturated rings. The molecule has 0 spiro atoms. The van der Waals surface area contributed by atoms with E-state index in [1.165, 1.54) is 18.3 Å². The van der Waals surface area contributed by atoms with E-state index in [9.17, 15) is 22.4 Å². The lowest BCUT2D eigenvalue weighted by Gasteiger charge is -2.15. The quantitative estimate of drug-likeness (QED) is 0.674. The molecule has 1 heterocycles. The van der Waals surface area contributed by atoms with Crippen molar-refractivity contribution in [2.24, 2.45) is 0 Å². The van der Waals surface area contributed by atoms with Crippen LogP contribution >= 0.6 is 11.6 Å². The zero-order valence-electron chi connectivity index (χ0n) is 8.26. The third-order valence-electron chi connectivity index (χ3n) is 1.81. The highest BCUT2D eigenvalue weighted by atomic mass is 35.5. The zero-order valence-corrected chi connectivity index (χ0v) is 9.02. The van der Waals surface area contributed by atoms with Gasteiger partial charge >= 0.3 is 12.3 Å². The Bertz CT molecular complexity index is 414. The van der Waals surface area contributed by atoms with Crippen molar-refractivity contribution in [3.05, 3.63) is 29.0 Å². The van der Waals surface area contributed by atoms with E-state index in [0.29, 0.717) is 0 Å². The first-order valence-corrected chi connectivity index (χ1v) is 4.77. The highest BCUT2D eigenvalue weighted by Crippen LogP contribution is 2.21. The summed E-state index contributed by atoms with van der Waals surface area (Å²) in [4.78, 5) is 14.9. The molecule has 0 radical (unpaired) electrons. The maximum Gasteiger partial charge on any atom is 0.324 e. The normalized spacial score (nSPS) is 11.6. The minimum atomic E-state index is -4.27. The standard InChI is InChI=1S/C9H7ClF4N2O/c10-6-5(2-1-3-15-6)7(17)16-4-9(13,14)8(11)12/h1-3,8H,4H2,(H,16,17). The van der Waals surface area contributed by atoms with Gasteiger partial charge < -0.3 is 5.32 Å². The van der Waals surface area contributed by atoms with Gasteiger partial charge in [-0.15, -0.1) is 0 Å². The van der Waals surface area contributed by atoms with Crippen LogP contribution < -0.4 is 5.32 Å². The van der Waals surface area contributed by atoms with Crippen molar-refractivity contribution in [1.29, 1.82) is 0 Å². The second-order valence-corrected chi connectivity index (χ2v) is 3.44. The molecule has 0 saturated heterocycles. The molecular weight excluding hydrogens is 264 g/mol. The van der Waals surface area contributed by atoms with Crippen LogP contribution in [0.1, 0.15) is 10.4 Å². The first-order valence-electron chi connectivity index (χ1n) is 4.39. The minimum Gasteiger partial charge on any atom is -0.346 e. The molecule has 0 aliphatic heterocycles. The molecular formula is C9H7ClF4N2O. The average Bonchev–Trinajstić information content (AvgIpc) is 2.26. The van der Waals surface area contributed by atoms with Crippen LogP contribution in [0.3, 0.4) is 0 Å². The molecule has 0 aromatic carbocycles. The molecule has 8 heteroatoms. The van der Waals surface area contributed by atoms with Crippen LogP contribution in [-0.4, -0.2) is 29.8 Å². The first-order chi connectivity index (χ1) is 7.84. The van der Waals surface area contributed by atoms with E-state index in [2.05, 4.69) is 4.98 Å². The second-order valence-electron chi connectivity index (χ2n) is 3.09. The van der Waals surface area contributed by atoms with Crippen LogP contribution in [0.4, 0.5) is 17.6 Å². The zero-order chi connectivity index (χ0) is 13.1. The topological polar surface area (TPSA) is 42.0 Å². The molecule has 17 heavy (non-hydrogen) atoms. The first kappa shape index (κ1) is 13.7. The van der Waals surface area contributed by atoms with Gasteiger partial charge in [-0.25, -0.2) is 13.8 Å². The summed E-state index contributed by atoms with van der Waals surface area (Å²) in [6.45, 7) is -1.46. The summed E-state index contributed by atoms with van der Waals surface area (Å²) in [5, 5.41) is 1.48. The molecule has 0 saturated carbocycles. The number of halogens is 5. The predicted octanol–water partition coefficient (Wildman–Crippen LogP) is 2.37. The SMILES string of the molecule is O=C(NCC(F)(F)C(F)F)c1cccnc1Cl. The Morgan fingerprint density at radius 3 is 2.71 bits per heavy atom. The molecule has 3 nitrogen and oxygen atoms in total. The lowest BCUT2D eigenvalue weighted by molar-refractivity contribution is -0.123. The number of hydrogen-bond donors (Lipinski definition) is 1. The molecule has 1 aromatic rings. The van der Waals surface area contributed by atoms with Crippen molar-refractivity contribution < 1.29 is 22.4 Å². The number of carbonyl (C=O) groups is 1. The van der Waals surface area contributed by atoms with Crippen LogP contribution in [0, 0.1) is 0 Å². The molecule has 1 N–H and O–H groups in total. The summed E-state index contributed by atoms with van der Waals surface area (Å²) in [5.41, 5.74) is -0.153. The molecule has 94 valence electrons. The minimum absolute atomic E-state index is 0.153. The highest BCUT2D eigenvalue weighted by molar-refractivity contribution is 6.32. The van der Waals surface area contributed by atoms with Crippen LogP contribution in [0.5, 0.6) is 0 Å². The van der Waals surface area contributed by atoms with E-state index in [-0.39, 0.29) is 10.7 Å². The lowest BCUT2D eigenvalue weighted by atomic mass is 10.2. The summed E-state index contributed by atoms with van der Waals surface area (Å²) in [7, 11) is 0. The van der Waals surface area contributed by atoms with Gasteiger partial charge in [-0.2, -0.15) is 8.78 Å². The van der Waals surface area contributed by atoms with E-state index in [1.54, 1.807) is 5.32 Å². The number of carbonyl (C=O) groups excluding carboxylic acids is 1. The Balaban J connectivity index is 2.66. The van der Waals surface area contributed by atoms with Crippen LogP contribution in [-0.2, 0) is 0 Å². The Morgan fingerprint density at radius 1 is 1.53 bits per heavy atom. The van der Waals surface area contributed by atoms with Crippen molar-refractivity contribution in [3.63, 3.8) is 0 Å². The predicted molar refractivity (Wildman–Crippen MR) is 52.5 cm³/mol. The maximum absolute atomic E-state index is 12.5. The van der Waals surface area contributed by atoms with E-state index < -0.39 is 24.8 Å². The molecule has 0 bridgehead atoms.